The van der Waals surface area contributed by atoms with Crippen molar-refractivity contribution in [3.63, 3.8) is 0 Å². The van der Waals surface area contributed by atoms with Crippen LogP contribution in [0.2, 0.25) is 0 Å². The Kier molecular flexibility index (Phi) is 4.40. The average molecular weight is 285 g/mol. The van der Waals surface area contributed by atoms with Crippen LogP contribution >= 0.6 is 11.6 Å². The fraction of sp³-hybridized carbons (Fsp3) is 0.462. The van der Waals surface area contributed by atoms with Gasteiger partial charge < -0.3 is 4.57 Å². The van der Waals surface area contributed by atoms with E-state index in [1.165, 1.54) is 5.56 Å². The van der Waals surface area contributed by atoms with Gasteiger partial charge in [0.2, 0.25) is 0 Å². The van der Waals surface area contributed by atoms with Gasteiger partial charge in [0.15, 0.2) is 0 Å². The van der Waals surface area contributed by atoms with Crippen molar-refractivity contribution < 1.29 is 4.21 Å². The molecule has 18 heavy (non-hydrogen) atoms. The Morgan fingerprint density at radius 3 is 2.89 bits per heavy atom. The van der Waals surface area contributed by atoms with E-state index in [1.54, 1.807) is 6.26 Å². The van der Waals surface area contributed by atoms with Crippen molar-refractivity contribution in [3.8, 4) is 0 Å². The first-order chi connectivity index (χ1) is 8.63. The molecule has 0 N–H and O–H groups in total. The Morgan fingerprint density at radius 2 is 2.22 bits per heavy atom. The number of aryl methyl sites for hydroxylation is 3. The van der Waals surface area contributed by atoms with Crippen LogP contribution in [0.25, 0.3) is 11.0 Å². The van der Waals surface area contributed by atoms with E-state index in [0.29, 0.717) is 11.6 Å². The number of hydrogen-bond acceptors (Lipinski definition) is 2. The van der Waals surface area contributed by atoms with Gasteiger partial charge in [-0.3, -0.25) is 4.21 Å². The van der Waals surface area contributed by atoms with Crippen molar-refractivity contribution in [1.82, 2.24) is 9.55 Å². The van der Waals surface area contributed by atoms with E-state index in [1.807, 2.05) is 6.07 Å². The SMILES string of the molecule is Cc1cccc2c1nc(CCCl)n2CCS(C)=O. The summed E-state index contributed by atoms with van der Waals surface area (Å²) in [6.07, 6.45) is 2.47. The largest absolute Gasteiger partial charge is 0.327 e. The maximum absolute atomic E-state index is 11.3. The van der Waals surface area contributed by atoms with Gasteiger partial charge in [0, 0.05) is 41.7 Å². The van der Waals surface area contributed by atoms with Crippen LogP contribution in [0.1, 0.15) is 11.4 Å². The number of nitrogens with zero attached hydrogens (tertiary/aromatic N) is 2. The molecule has 0 amide bonds. The summed E-state index contributed by atoms with van der Waals surface area (Å²) in [6.45, 7) is 2.79. The monoisotopic (exact) mass is 284 g/mol. The highest BCUT2D eigenvalue weighted by Gasteiger charge is 2.11. The lowest BCUT2D eigenvalue weighted by Gasteiger charge is -2.07. The van der Waals surface area contributed by atoms with Gasteiger partial charge in [-0.2, -0.15) is 0 Å². The Bertz CT molecular complexity index is 580. The maximum Gasteiger partial charge on any atom is 0.111 e. The van der Waals surface area contributed by atoms with Gasteiger partial charge in [-0.15, -0.1) is 11.6 Å². The van der Waals surface area contributed by atoms with E-state index in [0.717, 1.165) is 29.8 Å². The molecule has 0 fully saturated rings. The molecule has 0 saturated heterocycles. The molecule has 0 aliphatic heterocycles. The van der Waals surface area contributed by atoms with E-state index in [2.05, 4.69) is 28.6 Å². The van der Waals surface area contributed by atoms with E-state index in [9.17, 15) is 4.21 Å². The van der Waals surface area contributed by atoms with Crippen molar-refractivity contribution in [2.45, 2.75) is 19.9 Å². The predicted octanol–water partition coefficient (Wildman–Crippen LogP) is 2.50. The molecule has 1 heterocycles. The second kappa shape index (κ2) is 5.85. The molecule has 1 atom stereocenters. The molecule has 1 unspecified atom stereocenters. The lowest BCUT2D eigenvalue weighted by molar-refractivity contribution is 0.674. The molecule has 1 aromatic carbocycles. The summed E-state index contributed by atoms with van der Waals surface area (Å²) < 4.78 is 13.4. The number of benzene rings is 1. The molecule has 5 heteroatoms. The Morgan fingerprint density at radius 1 is 1.44 bits per heavy atom. The zero-order chi connectivity index (χ0) is 13.1. The van der Waals surface area contributed by atoms with Crippen molar-refractivity contribution in [3.05, 3.63) is 29.6 Å². The zero-order valence-corrected chi connectivity index (χ0v) is 12.2. The molecule has 2 aromatic rings. The normalized spacial score (nSPS) is 13.1. The number of alkyl halides is 1. The summed E-state index contributed by atoms with van der Waals surface area (Å²) >= 11 is 5.82. The van der Waals surface area contributed by atoms with Gasteiger partial charge in [0.1, 0.15) is 5.82 Å². The Labute approximate surface area is 115 Å². The minimum Gasteiger partial charge on any atom is -0.327 e. The van der Waals surface area contributed by atoms with Gasteiger partial charge in [0.05, 0.1) is 11.0 Å². The minimum atomic E-state index is -0.792. The second-order valence-corrected chi connectivity index (χ2v) is 6.27. The molecule has 0 bridgehead atoms. The molecule has 0 saturated carbocycles. The third-order valence-electron chi connectivity index (χ3n) is 2.98. The average Bonchev–Trinajstić information content (AvgIpc) is 2.66. The first-order valence-corrected chi connectivity index (χ1v) is 8.20. The van der Waals surface area contributed by atoms with Gasteiger partial charge >= 0.3 is 0 Å². The molecule has 3 nitrogen and oxygen atoms in total. The topological polar surface area (TPSA) is 34.9 Å². The maximum atomic E-state index is 11.3. The zero-order valence-electron chi connectivity index (χ0n) is 10.6. The second-order valence-electron chi connectivity index (χ2n) is 4.34. The quantitative estimate of drug-likeness (QED) is 0.791. The summed E-state index contributed by atoms with van der Waals surface area (Å²) in [5.74, 6) is 2.19. The summed E-state index contributed by atoms with van der Waals surface area (Å²) in [5, 5.41) is 0. The van der Waals surface area contributed by atoms with Gasteiger partial charge in [-0.05, 0) is 18.6 Å². The van der Waals surface area contributed by atoms with Crippen LogP contribution in [0.5, 0.6) is 0 Å². The van der Waals surface area contributed by atoms with Crippen molar-refractivity contribution in [1.29, 1.82) is 0 Å². The van der Waals surface area contributed by atoms with Crippen LogP contribution in [0.4, 0.5) is 0 Å². The fourth-order valence-corrected chi connectivity index (χ4v) is 2.69. The van der Waals surface area contributed by atoms with E-state index < -0.39 is 10.8 Å². The highest BCUT2D eigenvalue weighted by molar-refractivity contribution is 7.84. The van der Waals surface area contributed by atoms with Gasteiger partial charge in [-0.25, -0.2) is 4.98 Å². The first-order valence-electron chi connectivity index (χ1n) is 5.94. The molecule has 0 spiro atoms. The van der Waals surface area contributed by atoms with E-state index in [-0.39, 0.29) is 0 Å². The molecule has 0 aliphatic rings. The first kappa shape index (κ1) is 13.6. The molecule has 0 aliphatic carbocycles. The summed E-state index contributed by atoms with van der Waals surface area (Å²) in [4.78, 5) is 4.66. The minimum absolute atomic E-state index is 0.553. The van der Waals surface area contributed by atoms with E-state index >= 15 is 0 Å². The molecule has 1 aromatic heterocycles. The van der Waals surface area contributed by atoms with Crippen LogP contribution in [-0.4, -0.2) is 31.6 Å². The number of para-hydroxylation sites is 1. The smallest absolute Gasteiger partial charge is 0.111 e. The summed E-state index contributed by atoms with van der Waals surface area (Å²) in [6, 6.07) is 6.15. The summed E-state index contributed by atoms with van der Waals surface area (Å²) in [5.41, 5.74) is 3.31. The Balaban J connectivity index is 2.48. The predicted molar refractivity (Wildman–Crippen MR) is 77.8 cm³/mol. The highest BCUT2D eigenvalue weighted by atomic mass is 35.5. The third kappa shape index (κ3) is 2.75. The molecule has 0 radical (unpaired) electrons. The van der Waals surface area contributed by atoms with Crippen LogP contribution in [0.15, 0.2) is 18.2 Å². The standard InChI is InChI=1S/C13H17ClN2OS/c1-10-4-3-5-11-13(10)15-12(6-7-14)16(11)8-9-18(2)17/h3-5H,6-9H2,1-2H3. The van der Waals surface area contributed by atoms with Crippen LogP contribution in [0, 0.1) is 6.92 Å². The fourth-order valence-electron chi connectivity index (χ4n) is 2.08. The molecule has 2 rings (SSSR count). The summed E-state index contributed by atoms with van der Waals surface area (Å²) in [7, 11) is -0.792. The van der Waals surface area contributed by atoms with Crippen molar-refractivity contribution >= 4 is 33.4 Å². The number of aromatic nitrogens is 2. The van der Waals surface area contributed by atoms with Gasteiger partial charge in [0.25, 0.3) is 0 Å². The number of hydrogen-bond donors (Lipinski definition) is 0. The van der Waals surface area contributed by atoms with Crippen molar-refractivity contribution in [2.75, 3.05) is 17.9 Å². The molecule has 98 valence electrons. The van der Waals surface area contributed by atoms with Crippen molar-refractivity contribution in [2.24, 2.45) is 0 Å². The number of halogens is 1. The van der Waals surface area contributed by atoms with Crippen LogP contribution < -0.4 is 0 Å². The van der Waals surface area contributed by atoms with Gasteiger partial charge in [-0.1, -0.05) is 12.1 Å². The van der Waals surface area contributed by atoms with E-state index in [4.69, 9.17) is 11.6 Å². The number of imidazole rings is 1. The lowest BCUT2D eigenvalue weighted by atomic mass is 10.2. The third-order valence-corrected chi connectivity index (χ3v) is 3.93. The highest BCUT2D eigenvalue weighted by Crippen LogP contribution is 2.20. The molecular weight excluding hydrogens is 268 g/mol. The molecular formula is C13H17ClN2OS. The van der Waals surface area contributed by atoms with Crippen LogP contribution in [-0.2, 0) is 23.8 Å². The number of fused-ring (bicyclic) bond motifs is 1. The number of rotatable bonds is 5. The lowest BCUT2D eigenvalue weighted by Crippen LogP contribution is -2.10. The Hall–Kier alpha value is -0.870. The van der Waals surface area contributed by atoms with Crippen LogP contribution in [0.3, 0.4) is 0 Å².